The van der Waals surface area contributed by atoms with Gasteiger partial charge < -0.3 is 4.74 Å². The quantitative estimate of drug-likeness (QED) is 0.534. The van der Waals surface area contributed by atoms with Gasteiger partial charge in [-0.2, -0.15) is 0 Å². The summed E-state index contributed by atoms with van der Waals surface area (Å²) in [7, 11) is 3.24. The van der Waals surface area contributed by atoms with Crippen LogP contribution in [-0.4, -0.2) is 13.1 Å². The number of esters is 1. The van der Waals surface area contributed by atoms with Crippen molar-refractivity contribution in [3.05, 3.63) is 28.5 Å². The molecule has 1 aromatic rings. The zero-order valence-corrected chi connectivity index (χ0v) is 8.46. The third-order valence-corrected chi connectivity index (χ3v) is 2.09. The van der Waals surface area contributed by atoms with Crippen LogP contribution in [0.1, 0.15) is 10.4 Å². The maximum Gasteiger partial charge on any atom is 0.339 e. The summed E-state index contributed by atoms with van der Waals surface area (Å²) in [5.74, 6) is -0.331. The minimum absolute atomic E-state index is 0.331. The Balaban J connectivity index is 3.09. The third-order valence-electron chi connectivity index (χ3n) is 1.46. The molecule has 0 radical (unpaired) electrons. The summed E-state index contributed by atoms with van der Waals surface area (Å²) in [5, 5.41) is 0. The van der Waals surface area contributed by atoms with E-state index in [1.807, 2.05) is 11.6 Å². The second kappa shape index (κ2) is 3.67. The normalized spacial score (nSPS) is 9.58. The predicted molar refractivity (Wildman–Crippen MR) is 46.7 cm³/mol. The van der Waals surface area contributed by atoms with E-state index in [-0.39, 0.29) is 5.97 Å². The molecule has 0 aliphatic carbocycles. The number of pyridine rings is 1. The number of methoxy groups -OCH3 is 1. The number of rotatable bonds is 1. The Bertz CT molecular complexity index is 312. The molecule has 1 heterocycles. The second-order valence-corrected chi connectivity index (χ2v) is 3.22. The number of nitrogens with zero attached hydrogens (tertiary/aromatic N) is 1. The van der Waals surface area contributed by atoms with Gasteiger partial charge in [0.2, 0.25) is 0 Å². The molecule has 64 valence electrons. The van der Waals surface area contributed by atoms with Crippen molar-refractivity contribution < 1.29 is 14.1 Å². The summed E-state index contributed by atoms with van der Waals surface area (Å²) in [4.78, 5) is 11.1. The summed E-state index contributed by atoms with van der Waals surface area (Å²) in [6.45, 7) is 0. The van der Waals surface area contributed by atoms with E-state index in [2.05, 4.69) is 20.7 Å². The van der Waals surface area contributed by atoms with Crippen molar-refractivity contribution >= 4 is 21.9 Å². The van der Waals surface area contributed by atoms with Gasteiger partial charge in [-0.15, -0.1) is 0 Å². The first-order valence-electron chi connectivity index (χ1n) is 3.38. The van der Waals surface area contributed by atoms with E-state index in [1.165, 1.54) is 7.11 Å². The molecular formula is C8H9BrNO2+. The fraction of sp³-hybridized carbons (Fsp3) is 0.250. The summed E-state index contributed by atoms with van der Waals surface area (Å²) >= 11 is 3.27. The van der Waals surface area contributed by atoms with Gasteiger partial charge in [-0.1, -0.05) is 0 Å². The number of aromatic nitrogens is 1. The lowest BCUT2D eigenvalue weighted by Crippen LogP contribution is -2.27. The first kappa shape index (κ1) is 9.19. The van der Waals surface area contributed by atoms with Crippen molar-refractivity contribution in [3.8, 4) is 0 Å². The van der Waals surface area contributed by atoms with Crippen molar-refractivity contribution in [1.82, 2.24) is 0 Å². The van der Waals surface area contributed by atoms with Crippen LogP contribution in [0.15, 0.2) is 22.9 Å². The second-order valence-electron chi connectivity index (χ2n) is 2.36. The van der Waals surface area contributed by atoms with E-state index in [0.29, 0.717) is 5.56 Å². The summed E-state index contributed by atoms with van der Waals surface area (Å²) in [6, 6.07) is 1.70. The van der Waals surface area contributed by atoms with Gasteiger partial charge in [0.25, 0.3) is 0 Å². The van der Waals surface area contributed by atoms with Crippen molar-refractivity contribution in [2.75, 3.05) is 7.11 Å². The topological polar surface area (TPSA) is 30.2 Å². The lowest BCUT2D eigenvalue weighted by Gasteiger charge is -1.98. The maximum absolute atomic E-state index is 11.1. The summed E-state index contributed by atoms with van der Waals surface area (Å²) in [5.41, 5.74) is 0.538. The molecule has 12 heavy (non-hydrogen) atoms. The summed E-state index contributed by atoms with van der Waals surface area (Å²) in [6.07, 6.45) is 3.59. The molecule has 0 saturated carbocycles. The van der Waals surface area contributed by atoms with Crippen molar-refractivity contribution in [2.45, 2.75) is 0 Å². The molecule has 0 N–H and O–H groups in total. The molecule has 0 spiro atoms. The Hall–Kier alpha value is -0.900. The number of carbonyl (C=O) groups excluding carboxylic acids is 1. The Kier molecular flexibility index (Phi) is 2.81. The Morgan fingerprint density at radius 2 is 2.33 bits per heavy atom. The first-order chi connectivity index (χ1) is 5.65. The monoisotopic (exact) mass is 230 g/mol. The zero-order chi connectivity index (χ0) is 9.14. The van der Waals surface area contributed by atoms with Crippen LogP contribution in [0.3, 0.4) is 0 Å². The molecule has 0 unspecified atom stereocenters. The van der Waals surface area contributed by atoms with Gasteiger partial charge in [-0.25, -0.2) is 9.36 Å². The van der Waals surface area contributed by atoms with E-state index in [1.54, 1.807) is 18.5 Å². The average molecular weight is 231 g/mol. The van der Waals surface area contributed by atoms with Gasteiger partial charge in [0, 0.05) is 6.07 Å². The van der Waals surface area contributed by atoms with E-state index < -0.39 is 0 Å². The molecule has 1 aromatic heterocycles. The molecule has 4 heteroatoms. The Morgan fingerprint density at radius 3 is 2.83 bits per heavy atom. The number of hydrogen-bond donors (Lipinski definition) is 0. The van der Waals surface area contributed by atoms with E-state index in [4.69, 9.17) is 0 Å². The third kappa shape index (κ3) is 1.82. The van der Waals surface area contributed by atoms with Gasteiger partial charge in [0.15, 0.2) is 12.4 Å². The fourth-order valence-electron chi connectivity index (χ4n) is 0.839. The number of aryl methyl sites for hydroxylation is 1. The van der Waals surface area contributed by atoms with Gasteiger partial charge in [-0.3, -0.25) is 0 Å². The molecule has 0 bridgehead atoms. The predicted octanol–water partition coefficient (Wildman–Crippen LogP) is 1.06. The molecule has 0 saturated heterocycles. The van der Waals surface area contributed by atoms with Crippen LogP contribution in [0, 0.1) is 0 Å². The minimum atomic E-state index is -0.331. The lowest BCUT2D eigenvalue weighted by molar-refractivity contribution is -0.672. The van der Waals surface area contributed by atoms with Gasteiger partial charge in [-0.05, 0) is 15.9 Å². The average Bonchev–Trinajstić information content (AvgIpc) is 2.03. The molecule has 0 fully saturated rings. The van der Waals surface area contributed by atoms with Crippen LogP contribution in [0.2, 0.25) is 0 Å². The Morgan fingerprint density at radius 1 is 1.67 bits per heavy atom. The molecule has 0 amide bonds. The summed E-state index contributed by atoms with van der Waals surface area (Å²) < 4.78 is 7.16. The van der Waals surface area contributed by atoms with Crippen molar-refractivity contribution in [3.63, 3.8) is 0 Å². The first-order valence-corrected chi connectivity index (χ1v) is 4.17. The molecule has 3 nitrogen and oxygen atoms in total. The smallest absolute Gasteiger partial charge is 0.339 e. The standard InChI is InChI=1S/C8H9BrNO2/c1-10-4-3-6(7(9)5-10)8(11)12-2/h3-5H,1-2H3/q+1. The highest BCUT2D eigenvalue weighted by Crippen LogP contribution is 2.13. The molecule has 0 aliphatic heterocycles. The van der Waals surface area contributed by atoms with Crippen LogP contribution in [0.4, 0.5) is 0 Å². The van der Waals surface area contributed by atoms with Crippen molar-refractivity contribution in [2.24, 2.45) is 7.05 Å². The maximum atomic E-state index is 11.1. The molecule has 0 aromatic carbocycles. The SMILES string of the molecule is COC(=O)c1cc[n+](C)cc1Br. The van der Waals surface area contributed by atoms with Crippen LogP contribution >= 0.6 is 15.9 Å². The van der Waals surface area contributed by atoms with E-state index in [0.717, 1.165) is 4.47 Å². The zero-order valence-electron chi connectivity index (χ0n) is 6.87. The molecular weight excluding hydrogens is 222 g/mol. The lowest BCUT2D eigenvalue weighted by atomic mass is 10.3. The minimum Gasteiger partial charge on any atom is -0.465 e. The fourth-order valence-corrected chi connectivity index (χ4v) is 1.46. The number of halogens is 1. The molecule has 0 atom stereocenters. The van der Waals surface area contributed by atoms with Crippen LogP contribution in [0.5, 0.6) is 0 Å². The highest BCUT2D eigenvalue weighted by Gasteiger charge is 2.12. The number of ether oxygens (including phenoxy) is 1. The van der Waals surface area contributed by atoms with Crippen molar-refractivity contribution in [1.29, 1.82) is 0 Å². The van der Waals surface area contributed by atoms with Gasteiger partial charge in [0.05, 0.1) is 17.1 Å². The van der Waals surface area contributed by atoms with E-state index in [9.17, 15) is 4.79 Å². The van der Waals surface area contributed by atoms with Gasteiger partial charge >= 0.3 is 5.97 Å². The highest BCUT2D eigenvalue weighted by molar-refractivity contribution is 9.10. The number of carbonyl (C=O) groups is 1. The van der Waals surface area contributed by atoms with Crippen LogP contribution in [0.25, 0.3) is 0 Å². The number of hydrogen-bond acceptors (Lipinski definition) is 2. The highest BCUT2D eigenvalue weighted by atomic mass is 79.9. The van der Waals surface area contributed by atoms with Gasteiger partial charge in [0.1, 0.15) is 7.05 Å². The molecule has 1 rings (SSSR count). The van der Waals surface area contributed by atoms with Crippen LogP contribution < -0.4 is 4.57 Å². The Labute approximate surface area is 79.1 Å². The molecule has 0 aliphatic rings. The van der Waals surface area contributed by atoms with Crippen LogP contribution in [-0.2, 0) is 11.8 Å². The van der Waals surface area contributed by atoms with E-state index >= 15 is 0 Å². The largest absolute Gasteiger partial charge is 0.465 e.